The van der Waals surface area contributed by atoms with Gasteiger partial charge >= 0.3 is 4.87 Å². The summed E-state index contributed by atoms with van der Waals surface area (Å²) in [5.74, 6) is -0.199. The molecule has 1 aromatic heterocycles. The third-order valence-electron chi connectivity index (χ3n) is 4.90. The van der Waals surface area contributed by atoms with Gasteiger partial charge in [0.15, 0.2) is 0 Å². The van der Waals surface area contributed by atoms with Crippen molar-refractivity contribution < 1.29 is 9.90 Å². The molecule has 1 aliphatic rings. The monoisotopic (exact) mass is 419 g/mol. The van der Waals surface area contributed by atoms with Gasteiger partial charge in [-0.25, -0.2) is 0 Å². The van der Waals surface area contributed by atoms with Crippen molar-refractivity contribution in [2.75, 3.05) is 5.32 Å². The topological polar surface area (TPSA) is 83.7 Å². The fourth-order valence-corrected chi connectivity index (χ4v) is 4.08. The molecule has 0 spiro atoms. The van der Waals surface area contributed by atoms with Crippen molar-refractivity contribution in [1.29, 1.82) is 0 Å². The number of amides is 1. The minimum Gasteiger partial charge on any atom is -0.493 e. The lowest BCUT2D eigenvalue weighted by atomic mass is 10.0. The normalized spacial score (nSPS) is 13.8. The molecule has 0 bridgehead atoms. The Morgan fingerprint density at radius 2 is 1.93 bits per heavy atom. The van der Waals surface area contributed by atoms with Crippen LogP contribution >= 0.6 is 11.3 Å². The van der Waals surface area contributed by atoms with Crippen molar-refractivity contribution in [3.05, 3.63) is 74.2 Å². The van der Waals surface area contributed by atoms with E-state index in [1.54, 1.807) is 12.3 Å². The summed E-state index contributed by atoms with van der Waals surface area (Å²) in [6, 6.07) is 15.2. The highest BCUT2D eigenvalue weighted by Crippen LogP contribution is 2.34. The number of aliphatic imine (C=N–C) groups is 1. The van der Waals surface area contributed by atoms with Crippen LogP contribution in [-0.4, -0.2) is 21.8 Å². The van der Waals surface area contributed by atoms with Gasteiger partial charge in [0.2, 0.25) is 11.8 Å². The highest BCUT2D eigenvalue weighted by molar-refractivity contribution is 7.10. The molecule has 0 unspecified atom stereocenters. The Hall–Kier alpha value is -3.45. The lowest BCUT2D eigenvalue weighted by Crippen LogP contribution is -2.24. The van der Waals surface area contributed by atoms with E-state index in [0.717, 1.165) is 32.7 Å². The first kappa shape index (κ1) is 19.8. The molecular formula is C23H21N3O3S. The van der Waals surface area contributed by atoms with E-state index in [9.17, 15) is 14.7 Å². The maximum Gasteiger partial charge on any atom is 0.311 e. The highest BCUT2D eigenvalue weighted by atomic mass is 32.1. The summed E-state index contributed by atoms with van der Waals surface area (Å²) in [4.78, 5) is 29.1. The third-order valence-corrected chi connectivity index (χ3v) is 5.82. The number of thiazole rings is 1. The standard InChI is InChI=1S/C23H21N3O3S/c1-14(2)15-7-9-17(10-8-15)25-21(27)13-26-22(28)20(30-23(26)29)11-16-12-24-19-6-4-3-5-18(16)19/h3-12,14,28H,13H2,1-2H3,(H,25,27). The largest absolute Gasteiger partial charge is 0.493 e. The molecule has 152 valence electrons. The number of para-hydroxylation sites is 1. The Morgan fingerprint density at radius 3 is 2.67 bits per heavy atom. The molecule has 4 rings (SSSR count). The van der Waals surface area contributed by atoms with E-state index < -0.39 is 4.87 Å². The van der Waals surface area contributed by atoms with Gasteiger partial charge in [-0.05, 0) is 35.8 Å². The van der Waals surface area contributed by atoms with Gasteiger partial charge in [-0.15, -0.1) is 0 Å². The van der Waals surface area contributed by atoms with E-state index in [4.69, 9.17) is 0 Å². The SMILES string of the molecule is CC(C)c1ccc(NC(=O)Cn2c(O)c(C=C3C=Nc4ccccc43)sc2=O)cc1. The number of aromatic hydroxyl groups is 1. The van der Waals surface area contributed by atoms with Crippen molar-refractivity contribution in [3.8, 4) is 5.88 Å². The van der Waals surface area contributed by atoms with Gasteiger partial charge in [-0.2, -0.15) is 0 Å². The predicted octanol–water partition coefficient (Wildman–Crippen LogP) is 4.63. The van der Waals surface area contributed by atoms with E-state index in [-0.39, 0.29) is 18.3 Å². The first-order valence-electron chi connectivity index (χ1n) is 9.60. The van der Waals surface area contributed by atoms with Crippen LogP contribution in [0, 0.1) is 0 Å². The van der Waals surface area contributed by atoms with Gasteiger partial charge in [0.25, 0.3) is 0 Å². The molecule has 0 saturated heterocycles. The van der Waals surface area contributed by atoms with Gasteiger partial charge in [-0.3, -0.25) is 19.1 Å². The van der Waals surface area contributed by atoms with Gasteiger partial charge in [0.1, 0.15) is 6.54 Å². The summed E-state index contributed by atoms with van der Waals surface area (Å²) < 4.78 is 1.08. The lowest BCUT2D eigenvalue weighted by Gasteiger charge is -2.09. The average Bonchev–Trinajstić information content (AvgIpc) is 3.25. The predicted molar refractivity (Wildman–Crippen MR) is 122 cm³/mol. The minimum absolute atomic E-state index is 0.222. The van der Waals surface area contributed by atoms with Crippen LogP contribution < -0.4 is 10.2 Å². The number of benzene rings is 2. The number of carbonyl (C=O) groups excluding carboxylic acids is 1. The average molecular weight is 420 g/mol. The quantitative estimate of drug-likeness (QED) is 0.632. The van der Waals surface area contributed by atoms with E-state index >= 15 is 0 Å². The lowest BCUT2D eigenvalue weighted by molar-refractivity contribution is -0.116. The molecule has 6 nitrogen and oxygen atoms in total. The molecule has 2 heterocycles. The summed E-state index contributed by atoms with van der Waals surface area (Å²) >= 11 is 0.895. The van der Waals surface area contributed by atoms with Crippen LogP contribution in [0.15, 0.2) is 58.3 Å². The number of nitrogens with zero attached hydrogens (tertiary/aromatic N) is 2. The molecule has 2 N–H and O–H groups in total. The van der Waals surface area contributed by atoms with Crippen molar-refractivity contribution in [2.45, 2.75) is 26.3 Å². The molecule has 0 aliphatic carbocycles. The Labute approximate surface area is 177 Å². The molecular weight excluding hydrogens is 398 g/mol. The van der Waals surface area contributed by atoms with Crippen molar-refractivity contribution in [3.63, 3.8) is 0 Å². The van der Waals surface area contributed by atoms with E-state index in [0.29, 0.717) is 16.5 Å². The van der Waals surface area contributed by atoms with Crippen LogP contribution in [0.4, 0.5) is 11.4 Å². The summed E-state index contributed by atoms with van der Waals surface area (Å²) in [6.07, 6.45) is 3.42. The molecule has 0 saturated carbocycles. The number of fused-ring (bicyclic) bond motifs is 1. The molecule has 0 radical (unpaired) electrons. The molecule has 1 amide bonds. The van der Waals surface area contributed by atoms with Crippen LogP contribution in [0.3, 0.4) is 0 Å². The second kappa shape index (κ2) is 8.12. The zero-order chi connectivity index (χ0) is 21.3. The van der Waals surface area contributed by atoms with Gasteiger partial charge in [0.05, 0.1) is 10.6 Å². The van der Waals surface area contributed by atoms with Crippen LogP contribution in [-0.2, 0) is 11.3 Å². The Morgan fingerprint density at radius 1 is 1.20 bits per heavy atom. The Kier molecular flexibility index (Phi) is 5.37. The molecule has 0 fully saturated rings. The van der Waals surface area contributed by atoms with E-state index in [1.807, 2.05) is 48.5 Å². The van der Waals surface area contributed by atoms with E-state index in [2.05, 4.69) is 24.2 Å². The smallest absolute Gasteiger partial charge is 0.311 e. The zero-order valence-electron chi connectivity index (χ0n) is 16.6. The van der Waals surface area contributed by atoms with Crippen LogP contribution in [0.5, 0.6) is 5.88 Å². The summed E-state index contributed by atoms with van der Waals surface area (Å²) in [6.45, 7) is 3.94. The second-order valence-electron chi connectivity index (χ2n) is 7.34. The van der Waals surface area contributed by atoms with Gasteiger partial charge < -0.3 is 10.4 Å². The van der Waals surface area contributed by atoms with Gasteiger partial charge in [-0.1, -0.05) is 55.5 Å². The third kappa shape index (κ3) is 3.97. The number of hydrogen-bond acceptors (Lipinski definition) is 5. The molecule has 2 aromatic carbocycles. The van der Waals surface area contributed by atoms with Crippen molar-refractivity contribution in [1.82, 2.24) is 4.57 Å². The van der Waals surface area contributed by atoms with E-state index in [1.165, 1.54) is 5.56 Å². The summed E-state index contributed by atoms with van der Waals surface area (Å²) in [5, 5.41) is 13.3. The number of allylic oxidation sites excluding steroid dienone is 1. The first-order valence-corrected chi connectivity index (χ1v) is 10.4. The zero-order valence-corrected chi connectivity index (χ0v) is 17.4. The second-order valence-corrected chi connectivity index (χ2v) is 8.34. The first-order chi connectivity index (χ1) is 14.4. The number of hydrogen-bond donors (Lipinski definition) is 2. The van der Waals surface area contributed by atoms with Crippen LogP contribution in [0.2, 0.25) is 0 Å². The number of carbonyl (C=O) groups is 1. The maximum atomic E-state index is 12.4. The molecule has 3 aromatic rings. The maximum absolute atomic E-state index is 12.4. The van der Waals surface area contributed by atoms with Crippen LogP contribution in [0.1, 0.15) is 35.8 Å². The highest BCUT2D eigenvalue weighted by Gasteiger charge is 2.18. The minimum atomic E-state index is -0.395. The molecule has 7 heteroatoms. The fourth-order valence-electron chi connectivity index (χ4n) is 3.24. The number of rotatable bonds is 5. The number of nitrogens with one attached hydrogen (secondary N) is 1. The Bertz CT molecular complexity index is 1220. The molecule has 30 heavy (non-hydrogen) atoms. The Balaban J connectivity index is 1.52. The van der Waals surface area contributed by atoms with Gasteiger partial charge in [0, 0.05) is 23.0 Å². The molecule has 1 aliphatic heterocycles. The fraction of sp³-hybridized carbons (Fsp3) is 0.174. The van der Waals surface area contributed by atoms with Crippen LogP contribution in [0.25, 0.3) is 11.6 Å². The number of anilines is 1. The summed E-state index contributed by atoms with van der Waals surface area (Å²) in [7, 11) is 0. The molecule has 0 atom stereocenters. The summed E-state index contributed by atoms with van der Waals surface area (Å²) in [5.41, 5.74) is 4.41. The van der Waals surface area contributed by atoms with Crippen molar-refractivity contribution >= 4 is 46.5 Å². The number of aromatic nitrogens is 1. The van der Waals surface area contributed by atoms with Crippen molar-refractivity contribution in [2.24, 2.45) is 4.99 Å².